The van der Waals surface area contributed by atoms with Crippen molar-refractivity contribution < 1.29 is 0 Å². The number of rotatable bonds is 4. The van der Waals surface area contributed by atoms with E-state index in [-0.39, 0.29) is 6.04 Å². The number of tetrazole rings is 1. The lowest BCUT2D eigenvalue weighted by molar-refractivity contribution is 0.533. The second-order valence-corrected chi connectivity index (χ2v) is 3.96. The summed E-state index contributed by atoms with van der Waals surface area (Å²) in [4.78, 5) is 1.43. The normalized spacial score (nSPS) is 12.9. The van der Waals surface area contributed by atoms with Crippen LogP contribution < -0.4 is 11.3 Å². The van der Waals surface area contributed by atoms with Gasteiger partial charge in [-0.3, -0.25) is 16.0 Å². The van der Waals surface area contributed by atoms with E-state index in [2.05, 4.69) is 25.9 Å². The van der Waals surface area contributed by atoms with Crippen molar-refractivity contribution in [3.05, 3.63) is 23.3 Å². The van der Waals surface area contributed by atoms with Crippen LogP contribution in [0.4, 0.5) is 0 Å². The summed E-state index contributed by atoms with van der Waals surface area (Å²) in [5, 5.41) is 16.2. The fourth-order valence-electron chi connectivity index (χ4n) is 1.81. The van der Waals surface area contributed by atoms with Crippen molar-refractivity contribution in [2.75, 3.05) is 0 Å². The minimum Gasteiger partial charge on any atom is -0.275 e. The van der Waals surface area contributed by atoms with Crippen molar-refractivity contribution >= 4 is 0 Å². The molecule has 3 N–H and O–H groups in total. The fraction of sp³-hybridized carbons (Fsp3) is 0.556. The highest BCUT2D eigenvalue weighted by atomic mass is 15.6. The smallest absolute Gasteiger partial charge is 0.176 e. The van der Waals surface area contributed by atoms with Crippen LogP contribution in [0.1, 0.15) is 23.1 Å². The van der Waals surface area contributed by atoms with Gasteiger partial charge in [0, 0.05) is 25.2 Å². The number of hydrogen-bond donors (Lipinski definition) is 2. The van der Waals surface area contributed by atoms with E-state index in [9.17, 15) is 0 Å². The van der Waals surface area contributed by atoms with E-state index < -0.39 is 0 Å². The third-order valence-electron chi connectivity index (χ3n) is 2.56. The lowest BCUT2D eigenvalue weighted by Crippen LogP contribution is -2.30. The summed E-state index contributed by atoms with van der Waals surface area (Å²) in [6, 6.07) is -0.0621. The highest BCUT2D eigenvalue weighted by Crippen LogP contribution is 2.18. The first kappa shape index (κ1) is 11.7. The number of nitrogens with one attached hydrogen (secondary N) is 1. The molecule has 0 bridgehead atoms. The van der Waals surface area contributed by atoms with Crippen molar-refractivity contribution in [3.63, 3.8) is 0 Å². The zero-order valence-corrected chi connectivity index (χ0v) is 10.1. The van der Waals surface area contributed by atoms with Crippen LogP contribution in [0.25, 0.3) is 0 Å². The Labute approximate surface area is 98.8 Å². The predicted molar refractivity (Wildman–Crippen MR) is 60.5 cm³/mol. The number of hydrazine groups is 1. The quantitative estimate of drug-likeness (QED) is 0.521. The molecule has 8 nitrogen and oxygen atoms in total. The zero-order chi connectivity index (χ0) is 12.4. The standard InChI is InChI=1S/C9H16N8/c1-6-7(5-16(2)13-6)8(11-10)4-9-12-15-17(3)14-9/h5,8,11H,4,10H2,1-3H3. The van der Waals surface area contributed by atoms with Gasteiger partial charge in [-0.1, -0.05) is 0 Å². The monoisotopic (exact) mass is 236 g/mol. The first-order valence-corrected chi connectivity index (χ1v) is 5.29. The van der Waals surface area contributed by atoms with Gasteiger partial charge >= 0.3 is 0 Å². The van der Waals surface area contributed by atoms with Crippen LogP contribution in [0, 0.1) is 6.92 Å². The van der Waals surface area contributed by atoms with E-state index in [1.54, 1.807) is 11.7 Å². The van der Waals surface area contributed by atoms with E-state index in [0.29, 0.717) is 12.2 Å². The molecule has 0 aliphatic heterocycles. The number of hydrogen-bond acceptors (Lipinski definition) is 6. The summed E-state index contributed by atoms with van der Waals surface area (Å²) >= 11 is 0. The highest BCUT2D eigenvalue weighted by Gasteiger charge is 2.17. The summed E-state index contributed by atoms with van der Waals surface area (Å²) in [6.45, 7) is 1.95. The van der Waals surface area contributed by atoms with Gasteiger partial charge in [0.2, 0.25) is 0 Å². The van der Waals surface area contributed by atoms with Crippen molar-refractivity contribution in [1.29, 1.82) is 0 Å². The van der Waals surface area contributed by atoms with E-state index in [1.807, 2.05) is 20.2 Å². The van der Waals surface area contributed by atoms with Crippen LogP contribution in [0.15, 0.2) is 6.20 Å². The summed E-state index contributed by atoms with van der Waals surface area (Å²) in [7, 11) is 3.61. The van der Waals surface area contributed by atoms with Crippen LogP contribution in [0.2, 0.25) is 0 Å². The molecule has 0 fully saturated rings. The summed E-state index contributed by atoms with van der Waals surface area (Å²) in [6.07, 6.45) is 2.52. The van der Waals surface area contributed by atoms with Crippen LogP contribution in [-0.2, 0) is 20.5 Å². The van der Waals surface area contributed by atoms with Gasteiger partial charge in [-0.2, -0.15) is 9.90 Å². The Hall–Kier alpha value is -1.80. The molecule has 2 heterocycles. The third-order valence-corrected chi connectivity index (χ3v) is 2.56. The Morgan fingerprint density at radius 2 is 2.18 bits per heavy atom. The molecule has 2 aromatic heterocycles. The lowest BCUT2D eigenvalue weighted by Gasteiger charge is -2.12. The number of aromatic nitrogens is 6. The largest absolute Gasteiger partial charge is 0.275 e. The summed E-state index contributed by atoms with van der Waals surface area (Å²) < 4.78 is 1.76. The van der Waals surface area contributed by atoms with Crippen molar-refractivity contribution in [1.82, 2.24) is 35.4 Å². The maximum absolute atomic E-state index is 5.57. The van der Waals surface area contributed by atoms with Crippen molar-refractivity contribution in [2.45, 2.75) is 19.4 Å². The molecule has 2 aromatic rings. The summed E-state index contributed by atoms with van der Waals surface area (Å²) in [5.74, 6) is 6.22. The maximum atomic E-state index is 5.57. The molecular formula is C9H16N8. The number of aryl methyl sites for hydroxylation is 3. The van der Waals surface area contributed by atoms with Gasteiger partial charge in [-0.15, -0.1) is 10.2 Å². The molecule has 0 saturated carbocycles. The van der Waals surface area contributed by atoms with Crippen LogP contribution in [0.3, 0.4) is 0 Å². The molecular weight excluding hydrogens is 220 g/mol. The molecule has 8 heteroatoms. The first-order valence-electron chi connectivity index (χ1n) is 5.29. The third kappa shape index (κ3) is 2.48. The average Bonchev–Trinajstić information content (AvgIpc) is 2.82. The first-order chi connectivity index (χ1) is 8.10. The van der Waals surface area contributed by atoms with Crippen molar-refractivity contribution in [3.8, 4) is 0 Å². The minimum atomic E-state index is -0.0621. The predicted octanol–water partition coefficient (Wildman–Crippen LogP) is -1.00. The fourth-order valence-corrected chi connectivity index (χ4v) is 1.81. The van der Waals surface area contributed by atoms with E-state index in [4.69, 9.17) is 5.84 Å². The second kappa shape index (κ2) is 4.60. The Kier molecular flexibility index (Phi) is 3.16. The van der Waals surface area contributed by atoms with Crippen LogP contribution in [0.5, 0.6) is 0 Å². The maximum Gasteiger partial charge on any atom is 0.176 e. The SMILES string of the molecule is Cc1nn(C)cc1C(Cc1nnn(C)n1)NN. The molecule has 0 amide bonds. The van der Waals surface area contributed by atoms with Gasteiger partial charge in [-0.25, -0.2) is 0 Å². The average molecular weight is 236 g/mol. The Morgan fingerprint density at radius 3 is 2.65 bits per heavy atom. The molecule has 1 unspecified atom stereocenters. The van der Waals surface area contributed by atoms with Gasteiger partial charge in [-0.05, 0) is 12.1 Å². The Bertz CT molecular complexity index is 499. The lowest BCUT2D eigenvalue weighted by atomic mass is 10.1. The number of nitrogens with two attached hydrogens (primary N) is 1. The minimum absolute atomic E-state index is 0.0621. The number of nitrogens with zero attached hydrogens (tertiary/aromatic N) is 6. The van der Waals surface area contributed by atoms with Gasteiger partial charge in [0.05, 0.1) is 18.8 Å². The van der Waals surface area contributed by atoms with Crippen LogP contribution >= 0.6 is 0 Å². The van der Waals surface area contributed by atoms with Crippen LogP contribution in [-0.4, -0.2) is 30.0 Å². The summed E-state index contributed by atoms with van der Waals surface area (Å²) in [5.41, 5.74) is 4.75. The zero-order valence-electron chi connectivity index (χ0n) is 10.1. The molecule has 17 heavy (non-hydrogen) atoms. The van der Waals surface area contributed by atoms with Gasteiger partial charge in [0.15, 0.2) is 5.82 Å². The van der Waals surface area contributed by atoms with Gasteiger partial charge in [0.25, 0.3) is 0 Å². The molecule has 0 radical (unpaired) electrons. The highest BCUT2D eigenvalue weighted by molar-refractivity contribution is 5.20. The van der Waals surface area contributed by atoms with E-state index in [0.717, 1.165) is 11.3 Å². The molecule has 0 saturated heterocycles. The molecule has 0 aliphatic carbocycles. The van der Waals surface area contributed by atoms with Gasteiger partial charge in [0.1, 0.15) is 0 Å². The Morgan fingerprint density at radius 1 is 1.41 bits per heavy atom. The molecule has 0 spiro atoms. The van der Waals surface area contributed by atoms with E-state index >= 15 is 0 Å². The molecule has 0 aromatic carbocycles. The molecule has 0 aliphatic rings. The topological polar surface area (TPSA) is 99.5 Å². The Balaban J connectivity index is 2.19. The molecule has 92 valence electrons. The molecule has 1 atom stereocenters. The second-order valence-electron chi connectivity index (χ2n) is 3.96. The van der Waals surface area contributed by atoms with E-state index in [1.165, 1.54) is 4.80 Å². The molecule has 2 rings (SSSR count). The van der Waals surface area contributed by atoms with Crippen molar-refractivity contribution in [2.24, 2.45) is 19.9 Å². The van der Waals surface area contributed by atoms with Gasteiger partial charge < -0.3 is 0 Å².